The molecule has 29 heavy (non-hydrogen) atoms. The van der Waals surface area contributed by atoms with Crippen molar-refractivity contribution < 1.29 is 9.90 Å². The van der Waals surface area contributed by atoms with Gasteiger partial charge in [-0.2, -0.15) is 0 Å². The van der Waals surface area contributed by atoms with Crippen molar-refractivity contribution in [2.24, 2.45) is 0 Å². The van der Waals surface area contributed by atoms with Crippen LogP contribution in [0.25, 0.3) is 5.65 Å². The Bertz CT molecular complexity index is 1050. The minimum absolute atomic E-state index is 0.0563. The van der Waals surface area contributed by atoms with Gasteiger partial charge in [0, 0.05) is 31.1 Å². The maximum Gasteiger partial charge on any atom is 0.290 e. The molecule has 1 fully saturated rings. The average Bonchev–Trinajstić information content (AvgIpc) is 3.31. The highest BCUT2D eigenvalue weighted by Gasteiger charge is 2.36. The van der Waals surface area contributed by atoms with E-state index in [2.05, 4.69) is 51.5 Å². The van der Waals surface area contributed by atoms with Crippen LogP contribution in [-0.2, 0) is 11.0 Å². The number of anilines is 1. The van der Waals surface area contributed by atoms with Gasteiger partial charge in [0.1, 0.15) is 0 Å². The summed E-state index contributed by atoms with van der Waals surface area (Å²) in [6, 6.07) is 12.5. The zero-order chi connectivity index (χ0) is 20.8. The lowest BCUT2D eigenvalue weighted by Gasteiger charge is -2.27. The fourth-order valence-corrected chi connectivity index (χ4v) is 4.06. The summed E-state index contributed by atoms with van der Waals surface area (Å²) in [4.78, 5) is 18.7. The Hall–Kier alpha value is -2.93. The number of aromatic nitrogens is 3. The highest BCUT2D eigenvalue weighted by atomic mass is 16.3. The quantitative estimate of drug-likeness (QED) is 0.712. The number of amides is 1. The summed E-state index contributed by atoms with van der Waals surface area (Å²) in [7, 11) is 1.55. The van der Waals surface area contributed by atoms with Gasteiger partial charge in [-0.1, -0.05) is 37.3 Å². The first-order chi connectivity index (χ1) is 13.7. The Morgan fingerprint density at radius 2 is 2.00 bits per heavy atom. The zero-order valence-corrected chi connectivity index (χ0v) is 17.3. The first-order valence-corrected chi connectivity index (χ1v) is 9.87. The second-order valence-corrected chi connectivity index (χ2v) is 8.55. The third-order valence-corrected chi connectivity index (χ3v) is 5.82. The van der Waals surface area contributed by atoms with Crippen LogP contribution in [0.15, 0.2) is 42.6 Å². The summed E-state index contributed by atoms with van der Waals surface area (Å²) in [5.74, 6) is -0.263. The van der Waals surface area contributed by atoms with Crippen LogP contribution in [0, 0.1) is 0 Å². The number of hydrogen-bond acceptors (Lipinski definition) is 5. The largest absolute Gasteiger partial charge is 0.386 e. The Morgan fingerprint density at radius 1 is 1.28 bits per heavy atom. The third kappa shape index (κ3) is 3.46. The molecule has 1 amide bonds. The smallest absolute Gasteiger partial charge is 0.290 e. The van der Waals surface area contributed by atoms with Crippen LogP contribution in [0.2, 0.25) is 0 Å². The van der Waals surface area contributed by atoms with Gasteiger partial charge in [-0.25, -0.2) is 9.50 Å². The van der Waals surface area contributed by atoms with Crippen molar-refractivity contribution in [2.75, 3.05) is 25.0 Å². The maximum atomic E-state index is 12.0. The number of aliphatic hydroxyl groups is 1. The Kier molecular flexibility index (Phi) is 4.58. The minimum atomic E-state index is -1.12. The van der Waals surface area contributed by atoms with Gasteiger partial charge >= 0.3 is 0 Å². The summed E-state index contributed by atoms with van der Waals surface area (Å²) in [5.41, 5.74) is 2.36. The summed E-state index contributed by atoms with van der Waals surface area (Å²) < 4.78 is 1.60. The molecule has 7 nitrogen and oxygen atoms in total. The molecule has 1 aliphatic rings. The predicted molar refractivity (Wildman–Crippen MR) is 112 cm³/mol. The van der Waals surface area contributed by atoms with E-state index in [1.807, 2.05) is 18.3 Å². The molecule has 0 bridgehead atoms. The molecule has 0 unspecified atom stereocenters. The van der Waals surface area contributed by atoms with Gasteiger partial charge in [-0.3, -0.25) is 4.79 Å². The van der Waals surface area contributed by atoms with Crippen LogP contribution < -0.4 is 10.2 Å². The van der Waals surface area contributed by atoms with Crippen LogP contribution in [0.4, 0.5) is 5.69 Å². The number of benzene rings is 1. The minimum Gasteiger partial charge on any atom is -0.386 e. The summed E-state index contributed by atoms with van der Waals surface area (Å²) >= 11 is 0. The topological polar surface area (TPSA) is 82.8 Å². The number of hydrogen-bond donors (Lipinski definition) is 2. The number of fused-ring (bicyclic) bond motifs is 1. The molecule has 0 radical (unpaired) electrons. The molecule has 3 aromatic rings. The van der Waals surface area contributed by atoms with E-state index in [-0.39, 0.29) is 17.1 Å². The van der Waals surface area contributed by atoms with E-state index in [1.165, 1.54) is 5.56 Å². The second-order valence-electron chi connectivity index (χ2n) is 8.55. The van der Waals surface area contributed by atoms with Crippen molar-refractivity contribution >= 4 is 17.2 Å². The van der Waals surface area contributed by atoms with Crippen molar-refractivity contribution in [1.29, 1.82) is 0 Å². The molecule has 2 aromatic heterocycles. The molecule has 7 heteroatoms. The van der Waals surface area contributed by atoms with E-state index in [4.69, 9.17) is 0 Å². The second kappa shape index (κ2) is 6.84. The fourth-order valence-electron chi connectivity index (χ4n) is 4.06. The average molecular weight is 393 g/mol. The fraction of sp³-hybridized carbons (Fsp3) is 0.409. The lowest BCUT2D eigenvalue weighted by molar-refractivity contribution is 0.0795. The molecular formula is C22H27N5O2. The summed E-state index contributed by atoms with van der Waals surface area (Å²) in [6.07, 6.45) is 2.93. The molecule has 3 heterocycles. The Morgan fingerprint density at radius 3 is 2.66 bits per heavy atom. The first-order valence-electron chi connectivity index (χ1n) is 9.87. The molecular weight excluding hydrogens is 366 g/mol. The monoisotopic (exact) mass is 393 g/mol. The van der Waals surface area contributed by atoms with Crippen LogP contribution in [0.1, 0.15) is 48.9 Å². The number of carbonyl (C=O) groups is 1. The van der Waals surface area contributed by atoms with E-state index in [1.54, 1.807) is 25.4 Å². The van der Waals surface area contributed by atoms with Crippen molar-refractivity contribution in [3.05, 3.63) is 59.5 Å². The predicted octanol–water partition coefficient (Wildman–Crippen LogP) is 2.48. The van der Waals surface area contributed by atoms with Gasteiger partial charge in [-0.15, -0.1) is 5.10 Å². The lowest BCUT2D eigenvalue weighted by atomic mass is 9.82. The van der Waals surface area contributed by atoms with E-state index >= 15 is 0 Å². The summed E-state index contributed by atoms with van der Waals surface area (Å²) in [5, 5.41) is 17.6. The van der Waals surface area contributed by atoms with Crippen LogP contribution >= 0.6 is 0 Å². The highest BCUT2D eigenvalue weighted by molar-refractivity contribution is 5.90. The molecule has 0 saturated carbocycles. The van der Waals surface area contributed by atoms with E-state index in [0.29, 0.717) is 11.2 Å². The van der Waals surface area contributed by atoms with E-state index in [0.717, 1.165) is 25.2 Å². The number of rotatable bonds is 4. The SMILES string of the molecule is CNC(=O)c1nc2c(C(C)(C)O)cc(N3CC[C@](C)(c4ccccc4)C3)cn2n1. The van der Waals surface area contributed by atoms with E-state index < -0.39 is 5.60 Å². The first kappa shape index (κ1) is 19.4. The van der Waals surface area contributed by atoms with E-state index in [9.17, 15) is 9.90 Å². The van der Waals surface area contributed by atoms with Crippen molar-refractivity contribution in [3.63, 3.8) is 0 Å². The zero-order valence-electron chi connectivity index (χ0n) is 17.3. The van der Waals surface area contributed by atoms with Crippen molar-refractivity contribution in [2.45, 2.75) is 38.2 Å². The Balaban J connectivity index is 1.75. The van der Waals surface area contributed by atoms with Crippen LogP contribution in [0.3, 0.4) is 0 Å². The molecule has 0 aliphatic carbocycles. The molecule has 4 rings (SSSR count). The normalized spacial score (nSPS) is 19.7. The molecule has 2 N–H and O–H groups in total. The Labute approximate surface area is 170 Å². The van der Waals surface area contributed by atoms with Gasteiger partial charge < -0.3 is 15.3 Å². The summed E-state index contributed by atoms with van der Waals surface area (Å²) in [6.45, 7) is 7.50. The lowest BCUT2D eigenvalue weighted by Crippen LogP contribution is -2.28. The van der Waals surface area contributed by atoms with Gasteiger partial charge in [0.2, 0.25) is 5.82 Å². The molecule has 152 valence electrons. The standard InChI is InChI=1S/C22H27N5O2/c1-21(2,29)17-12-16(13-27-19(17)24-18(25-27)20(28)23-4)26-11-10-22(3,14-26)15-8-6-5-7-9-15/h5-9,12-13,29H,10-11,14H2,1-4H3,(H,23,28)/t22-/m0/s1. The van der Waals surface area contributed by atoms with Crippen LogP contribution in [0.5, 0.6) is 0 Å². The van der Waals surface area contributed by atoms with Gasteiger partial charge in [-0.05, 0) is 31.9 Å². The molecule has 0 spiro atoms. The molecule has 1 aromatic carbocycles. The maximum absolute atomic E-state index is 12.0. The van der Waals surface area contributed by atoms with Gasteiger partial charge in [0.05, 0.1) is 17.5 Å². The third-order valence-electron chi connectivity index (χ3n) is 5.82. The number of pyridine rings is 1. The van der Waals surface area contributed by atoms with Crippen molar-refractivity contribution in [3.8, 4) is 0 Å². The number of carbonyl (C=O) groups excluding carboxylic acids is 1. The number of nitrogens with one attached hydrogen (secondary N) is 1. The molecule has 1 saturated heterocycles. The van der Waals surface area contributed by atoms with Crippen molar-refractivity contribution in [1.82, 2.24) is 19.9 Å². The molecule has 1 aliphatic heterocycles. The van der Waals surface area contributed by atoms with Crippen LogP contribution in [-0.4, -0.2) is 45.7 Å². The van der Waals surface area contributed by atoms with Gasteiger partial charge in [0.15, 0.2) is 5.65 Å². The van der Waals surface area contributed by atoms with Gasteiger partial charge in [0.25, 0.3) is 5.91 Å². The highest BCUT2D eigenvalue weighted by Crippen LogP contribution is 2.37. The molecule has 1 atom stereocenters. The number of nitrogens with zero attached hydrogens (tertiary/aromatic N) is 4.